The second kappa shape index (κ2) is 11.3. The maximum Gasteiger partial charge on any atom is 0.144 e. The fraction of sp³-hybridized carbons (Fsp3) is 0. The molecule has 0 unspecified atom stereocenters. The van der Waals surface area contributed by atoms with Crippen LogP contribution in [0.3, 0.4) is 0 Å². The van der Waals surface area contributed by atoms with E-state index in [0.29, 0.717) is 0 Å². The van der Waals surface area contributed by atoms with E-state index in [2.05, 4.69) is 170 Å². The average molecular weight is 587 g/mol. The molecular weight excluding hydrogens is 558 g/mol. The summed E-state index contributed by atoms with van der Waals surface area (Å²) in [5, 5.41) is 10.2. The van der Waals surface area contributed by atoms with Crippen molar-refractivity contribution < 1.29 is 4.74 Å². The van der Waals surface area contributed by atoms with Crippen LogP contribution in [0.25, 0.3) is 21.9 Å². The zero-order chi connectivity index (χ0) is 28.6. The van der Waals surface area contributed by atoms with E-state index in [1.54, 1.807) is 0 Å². The normalized spacial score (nSPS) is 11.9. The standard InChI is InChI=1S/C40H28OP2/c1-5-16-30(17-6-1)42(31-18-7-2-8-19-31)36-26-14-25-35-34-24-13-15-29-27-28-37(40(38(29)34)41-39(35)36)43(32-20-9-3-10-21-32)33-22-11-4-12-23-33/h1-28H. The van der Waals surface area contributed by atoms with Gasteiger partial charge in [-0.25, -0.2) is 0 Å². The lowest BCUT2D eigenvalue weighted by Gasteiger charge is -2.30. The van der Waals surface area contributed by atoms with Crippen molar-refractivity contribution in [3.63, 3.8) is 0 Å². The molecule has 0 amide bonds. The number of hydrogen-bond acceptors (Lipinski definition) is 1. The minimum Gasteiger partial charge on any atom is -0.455 e. The van der Waals surface area contributed by atoms with Crippen LogP contribution in [0.5, 0.6) is 11.5 Å². The molecule has 1 aliphatic heterocycles. The molecule has 1 nitrogen and oxygen atoms in total. The summed E-state index contributed by atoms with van der Waals surface area (Å²) >= 11 is 0. The van der Waals surface area contributed by atoms with Crippen molar-refractivity contribution in [1.82, 2.24) is 0 Å². The van der Waals surface area contributed by atoms with Crippen LogP contribution in [0.15, 0.2) is 170 Å². The van der Waals surface area contributed by atoms with Crippen LogP contribution in [0.4, 0.5) is 0 Å². The van der Waals surface area contributed by atoms with E-state index in [9.17, 15) is 0 Å². The maximum absolute atomic E-state index is 7.29. The number of para-hydroxylation sites is 1. The van der Waals surface area contributed by atoms with Gasteiger partial charge in [0.2, 0.25) is 0 Å². The first kappa shape index (κ1) is 26.1. The molecule has 0 fully saturated rings. The molecule has 0 aromatic heterocycles. The third-order valence-corrected chi connectivity index (χ3v) is 12.9. The molecule has 7 aromatic carbocycles. The van der Waals surface area contributed by atoms with Crippen LogP contribution < -0.4 is 36.6 Å². The summed E-state index contributed by atoms with van der Waals surface area (Å²) in [5.74, 6) is 1.97. The molecule has 204 valence electrons. The number of ether oxygens (including phenoxy) is 1. The van der Waals surface area contributed by atoms with Gasteiger partial charge in [0.15, 0.2) is 0 Å². The number of benzene rings is 7. The number of hydrogen-bond donors (Lipinski definition) is 0. The average Bonchev–Trinajstić information content (AvgIpc) is 3.08. The molecular formula is C40H28OP2. The molecule has 0 aliphatic carbocycles. The van der Waals surface area contributed by atoms with Crippen LogP contribution >= 0.6 is 15.8 Å². The Morgan fingerprint density at radius 2 is 0.767 bits per heavy atom. The van der Waals surface area contributed by atoms with Crippen LogP contribution in [0, 0.1) is 0 Å². The SMILES string of the molecule is c1ccc(P(c2ccccc2)c2cccc3c2Oc2c(P(c4ccccc4)c4ccccc4)ccc4cccc-3c24)cc1. The highest BCUT2D eigenvalue weighted by molar-refractivity contribution is 7.80. The van der Waals surface area contributed by atoms with Crippen LogP contribution in [-0.2, 0) is 0 Å². The third kappa shape index (κ3) is 4.67. The molecule has 1 heterocycles. The predicted molar refractivity (Wildman–Crippen MR) is 187 cm³/mol. The molecule has 0 atom stereocenters. The van der Waals surface area contributed by atoms with Crippen LogP contribution in [-0.4, -0.2) is 0 Å². The van der Waals surface area contributed by atoms with Gasteiger partial charge < -0.3 is 4.74 Å². The smallest absolute Gasteiger partial charge is 0.144 e. The van der Waals surface area contributed by atoms with Gasteiger partial charge in [0, 0.05) is 21.6 Å². The minimum absolute atomic E-state index is 0.841. The van der Waals surface area contributed by atoms with Crippen molar-refractivity contribution in [1.29, 1.82) is 0 Å². The second-order valence-corrected chi connectivity index (χ2v) is 15.0. The zero-order valence-electron chi connectivity index (χ0n) is 23.5. The molecule has 0 bridgehead atoms. The highest BCUT2D eigenvalue weighted by Crippen LogP contribution is 2.51. The van der Waals surface area contributed by atoms with Crippen molar-refractivity contribution >= 4 is 58.4 Å². The van der Waals surface area contributed by atoms with Crippen molar-refractivity contribution in [3.05, 3.63) is 170 Å². The van der Waals surface area contributed by atoms with Gasteiger partial charge in [-0.3, -0.25) is 0 Å². The highest BCUT2D eigenvalue weighted by atomic mass is 31.1. The summed E-state index contributed by atoms with van der Waals surface area (Å²) in [6.45, 7) is 0. The molecule has 8 rings (SSSR count). The lowest BCUT2D eigenvalue weighted by atomic mass is 9.95. The quantitative estimate of drug-likeness (QED) is 0.179. The van der Waals surface area contributed by atoms with E-state index in [1.807, 2.05) is 0 Å². The molecule has 0 N–H and O–H groups in total. The van der Waals surface area contributed by atoms with Crippen molar-refractivity contribution in [2.45, 2.75) is 0 Å². The molecule has 43 heavy (non-hydrogen) atoms. The fourth-order valence-corrected chi connectivity index (χ4v) is 10.9. The first-order valence-corrected chi connectivity index (χ1v) is 17.2. The fourth-order valence-electron chi connectivity index (χ4n) is 6.12. The van der Waals surface area contributed by atoms with E-state index in [-0.39, 0.29) is 0 Å². The Hall–Kier alpha value is -4.54. The van der Waals surface area contributed by atoms with E-state index in [4.69, 9.17) is 4.74 Å². The summed E-state index contributed by atoms with van der Waals surface area (Å²) in [7, 11) is -1.69. The third-order valence-electron chi connectivity index (χ3n) is 8.01. The van der Waals surface area contributed by atoms with Gasteiger partial charge in [-0.1, -0.05) is 164 Å². The summed E-state index contributed by atoms with van der Waals surface area (Å²) in [6.07, 6.45) is 0. The Morgan fingerprint density at radius 3 is 1.28 bits per heavy atom. The van der Waals surface area contributed by atoms with Crippen molar-refractivity contribution in [2.75, 3.05) is 0 Å². The molecule has 0 saturated heterocycles. The Morgan fingerprint density at radius 1 is 0.326 bits per heavy atom. The van der Waals surface area contributed by atoms with Crippen molar-refractivity contribution in [3.8, 4) is 22.6 Å². The second-order valence-electron chi connectivity index (χ2n) is 10.6. The zero-order valence-corrected chi connectivity index (χ0v) is 25.3. The Bertz CT molecular complexity index is 1960. The molecule has 0 radical (unpaired) electrons. The topological polar surface area (TPSA) is 9.23 Å². The van der Waals surface area contributed by atoms with Gasteiger partial charge in [-0.15, -0.1) is 0 Å². The molecule has 7 aromatic rings. The summed E-state index contributed by atoms with van der Waals surface area (Å²) < 4.78 is 7.29. The highest BCUT2D eigenvalue weighted by Gasteiger charge is 2.31. The predicted octanol–water partition coefficient (Wildman–Crippen LogP) is 8.13. The lowest BCUT2D eigenvalue weighted by molar-refractivity contribution is 0.495. The monoisotopic (exact) mass is 586 g/mol. The van der Waals surface area contributed by atoms with Crippen molar-refractivity contribution in [2.24, 2.45) is 0 Å². The molecule has 3 heteroatoms. The van der Waals surface area contributed by atoms with E-state index >= 15 is 0 Å². The Kier molecular flexibility index (Phi) is 6.85. The number of rotatable bonds is 6. The van der Waals surface area contributed by atoms with Crippen LogP contribution in [0.2, 0.25) is 0 Å². The summed E-state index contributed by atoms with van der Waals surface area (Å²) in [5.41, 5.74) is 2.40. The van der Waals surface area contributed by atoms with E-state index in [1.165, 1.54) is 48.2 Å². The van der Waals surface area contributed by atoms with Gasteiger partial charge >= 0.3 is 0 Å². The lowest BCUT2D eigenvalue weighted by Crippen LogP contribution is -2.25. The summed E-state index contributed by atoms with van der Waals surface area (Å²) in [6, 6.07) is 61.5. The molecule has 0 saturated carbocycles. The van der Waals surface area contributed by atoms with Gasteiger partial charge in [-0.2, -0.15) is 0 Å². The maximum atomic E-state index is 7.29. The first-order chi connectivity index (χ1) is 21.4. The van der Waals surface area contributed by atoms with Gasteiger partial charge in [0.25, 0.3) is 0 Å². The van der Waals surface area contributed by atoms with Gasteiger partial charge in [0.1, 0.15) is 11.5 Å². The summed E-state index contributed by atoms with van der Waals surface area (Å²) in [4.78, 5) is 0. The van der Waals surface area contributed by atoms with E-state index in [0.717, 1.165) is 17.1 Å². The molecule has 1 aliphatic rings. The first-order valence-electron chi connectivity index (χ1n) is 14.5. The van der Waals surface area contributed by atoms with E-state index < -0.39 is 15.8 Å². The van der Waals surface area contributed by atoms with Crippen LogP contribution in [0.1, 0.15) is 0 Å². The largest absolute Gasteiger partial charge is 0.455 e. The van der Waals surface area contributed by atoms with Gasteiger partial charge in [-0.05, 0) is 54.1 Å². The number of fused-ring (bicyclic) bond motifs is 2. The Labute approximate surface area is 255 Å². The molecule has 0 spiro atoms. The van der Waals surface area contributed by atoms with Gasteiger partial charge in [0.05, 0.1) is 0 Å². The Balaban J connectivity index is 1.39. The minimum atomic E-state index is -0.846.